The molecule has 0 aliphatic heterocycles. The lowest BCUT2D eigenvalue weighted by Gasteiger charge is -2.11. The molecule has 0 saturated heterocycles. The van der Waals surface area contributed by atoms with Crippen molar-refractivity contribution in [1.29, 1.82) is 0 Å². The van der Waals surface area contributed by atoms with Gasteiger partial charge in [-0.15, -0.1) is 0 Å². The highest BCUT2D eigenvalue weighted by Gasteiger charge is 2.34. The molecule has 1 atom stereocenters. The van der Waals surface area contributed by atoms with E-state index in [0.29, 0.717) is 5.39 Å². The minimum atomic E-state index is -4.75. The monoisotopic (exact) mass is 286 g/mol. The highest BCUT2D eigenvalue weighted by atomic mass is 19.4. The number of rotatable bonds is 3. The summed E-state index contributed by atoms with van der Waals surface area (Å²) < 4.78 is 53.0. The highest BCUT2D eigenvalue weighted by Crippen LogP contribution is 2.34. The summed E-state index contributed by atoms with van der Waals surface area (Å²) in [6.07, 6.45) is -3.21. The second kappa shape index (κ2) is 5.05. The summed E-state index contributed by atoms with van der Waals surface area (Å²) in [6.45, 7) is 1.86. The number of azide groups is 1. The fourth-order valence-electron chi connectivity index (χ4n) is 2.00. The van der Waals surface area contributed by atoms with Crippen LogP contribution in [-0.2, 0) is 12.7 Å². The van der Waals surface area contributed by atoms with Crippen LogP contribution in [0.5, 0.6) is 0 Å². The maximum atomic E-state index is 13.4. The van der Waals surface area contributed by atoms with Crippen LogP contribution in [0.1, 0.15) is 12.5 Å². The Morgan fingerprint density at radius 1 is 1.40 bits per heavy atom. The summed E-state index contributed by atoms with van der Waals surface area (Å²) in [4.78, 5) is 2.64. The predicted octanol–water partition coefficient (Wildman–Crippen LogP) is 4.50. The van der Waals surface area contributed by atoms with Crippen LogP contribution in [0, 0.1) is 5.82 Å². The molecule has 106 valence electrons. The van der Waals surface area contributed by atoms with Gasteiger partial charge in [-0.1, -0.05) is 12.0 Å². The second-order valence-electron chi connectivity index (χ2n) is 4.41. The van der Waals surface area contributed by atoms with Crippen LogP contribution in [0.25, 0.3) is 21.3 Å². The first kappa shape index (κ1) is 14.2. The van der Waals surface area contributed by atoms with E-state index in [1.54, 1.807) is 6.92 Å². The molecule has 1 aromatic heterocycles. The average molecular weight is 286 g/mol. The summed E-state index contributed by atoms with van der Waals surface area (Å²) in [5, 5.41) is 3.82. The molecule has 0 amide bonds. The zero-order valence-electron chi connectivity index (χ0n) is 10.4. The number of aromatic nitrogens is 1. The van der Waals surface area contributed by atoms with E-state index in [0.717, 1.165) is 12.1 Å². The highest BCUT2D eigenvalue weighted by molar-refractivity contribution is 5.81. The maximum absolute atomic E-state index is 13.4. The van der Waals surface area contributed by atoms with Crippen molar-refractivity contribution in [3.63, 3.8) is 0 Å². The number of benzene rings is 1. The molecule has 1 heterocycles. The molecule has 4 nitrogen and oxygen atoms in total. The standard InChI is InChI=1S/C12H10F4N4/c1-7(18-19-17)6-20-3-2-8-4-10(13)9(5-11(8)20)12(14,15)16/h2-5,7H,6H2,1H3. The summed E-state index contributed by atoms with van der Waals surface area (Å²) >= 11 is 0. The smallest absolute Gasteiger partial charge is 0.347 e. The van der Waals surface area contributed by atoms with Crippen molar-refractivity contribution < 1.29 is 17.6 Å². The summed E-state index contributed by atoms with van der Waals surface area (Å²) in [5.74, 6) is -1.30. The number of alkyl halides is 3. The van der Waals surface area contributed by atoms with E-state index in [4.69, 9.17) is 5.53 Å². The molecular weight excluding hydrogens is 276 g/mol. The van der Waals surface area contributed by atoms with E-state index in [9.17, 15) is 17.6 Å². The molecule has 2 aromatic rings. The maximum Gasteiger partial charge on any atom is 0.419 e. The molecule has 0 N–H and O–H groups in total. The molecule has 0 fully saturated rings. The Hall–Kier alpha value is -2.21. The Morgan fingerprint density at radius 2 is 2.10 bits per heavy atom. The van der Waals surface area contributed by atoms with Gasteiger partial charge in [0, 0.05) is 28.6 Å². The molecule has 1 unspecified atom stereocenters. The third-order valence-corrected chi connectivity index (χ3v) is 2.87. The van der Waals surface area contributed by atoms with Gasteiger partial charge >= 0.3 is 6.18 Å². The largest absolute Gasteiger partial charge is 0.419 e. The predicted molar refractivity (Wildman–Crippen MR) is 65.5 cm³/mol. The molecule has 0 spiro atoms. The molecule has 0 aliphatic rings. The van der Waals surface area contributed by atoms with E-state index < -0.39 is 23.6 Å². The Bertz CT molecular complexity index is 683. The normalized spacial score (nSPS) is 13.2. The number of nitrogens with zero attached hydrogens (tertiary/aromatic N) is 4. The SMILES string of the molecule is CC(Cn1ccc2cc(F)c(C(F)(F)F)cc21)N=[N+]=[N-]. The van der Waals surface area contributed by atoms with Gasteiger partial charge in [-0.25, -0.2) is 4.39 Å². The van der Waals surface area contributed by atoms with E-state index in [-0.39, 0.29) is 12.1 Å². The van der Waals surface area contributed by atoms with Crippen LogP contribution in [0.2, 0.25) is 0 Å². The van der Waals surface area contributed by atoms with Crippen LogP contribution >= 0.6 is 0 Å². The average Bonchev–Trinajstić information content (AvgIpc) is 2.69. The molecule has 0 bridgehead atoms. The summed E-state index contributed by atoms with van der Waals surface area (Å²) in [7, 11) is 0. The first-order valence-electron chi connectivity index (χ1n) is 5.72. The fraction of sp³-hybridized carbons (Fsp3) is 0.333. The van der Waals surface area contributed by atoms with Gasteiger partial charge in [0.15, 0.2) is 0 Å². The van der Waals surface area contributed by atoms with E-state index in [1.165, 1.54) is 16.8 Å². The number of fused-ring (bicyclic) bond motifs is 1. The van der Waals surface area contributed by atoms with Crippen molar-refractivity contribution in [2.75, 3.05) is 0 Å². The molecule has 2 rings (SSSR count). The number of halogens is 4. The van der Waals surface area contributed by atoms with Crippen LogP contribution < -0.4 is 0 Å². The van der Waals surface area contributed by atoms with E-state index in [1.807, 2.05) is 0 Å². The van der Waals surface area contributed by atoms with Gasteiger partial charge in [0.05, 0.1) is 11.6 Å². The van der Waals surface area contributed by atoms with Crippen molar-refractivity contribution >= 4 is 10.9 Å². The van der Waals surface area contributed by atoms with Gasteiger partial charge < -0.3 is 4.57 Å². The minimum absolute atomic E-state index is 0.219. The Balaban J connectivity index is 2.51. The molecule has 0 aliphatic carbocycles. The van der Waals surface area contributed by atoms with Crippen molar-refractivity contribution in [2.24, 2.45) is 5.11 Å². The lowest BCUT2D eigenvalue weighted by atomic mass is 10.1. The topological polar surface area (TPSA) is 53.7 Å². The zero-order chi connectivity index (χ0) is 14.9. The first-order valence-corrected chi connectivity index (χ1v) is 5.72. The Morgan fingerprint density at radius 3 is 2.70 bits per heavy atom. The molecular formula is C12H10F4N4. The minimum Gasteiger partial charge on any atom is -0.347 e. The molecule has 1 aromatic carbocycles. The third-order valence-electron chi connectivity index (χ3n) is 2.87. The lowest BCUT2D eigenvalue weighted by molar-refractivity contribution is -0.139. The van der Waals surface area contributed by atoms with Gasteiger partial charge in [0.2, 0.25) is 0 Å². The van der Waals surface area contributed by atoms with Gasteiger partial charge in [-0.2, -0.15) is 13.2 Å². The molecule has 8 heteroatoms. The van der Waals surface area contributed by atoms with Crippen molar-refractivity contribution in [1.82, 2.24) is 4.57 Å². The van der Waals surface area contributed by atoms with Gasteiger partial charge in [0.1, 0.15) is 5.82 Å². The first-order chi connectivity index (χ1) is 9.32. The Labute approximate surface area is 111 Å². The van der Waals surface area contributed by atoms with Crippen molar-refractivity contribution in [3.8, 4) is 0 Å². The van der Waals surface area contributed by atoms with Gasteiger partial charge in [-0.05, 0) is 23.7 Å². The molecule has 0 saturated carbocycles. The van der Waals surface area contributed by atoms with Crippen LogP contribution in [0.3, 0.4) is 0 Å². The van der Waals surface area contributed by atoms with Crippen LogP contribution in [0.4, 0.5) is 17.6 Å². The van der Waals surface area contributed by atoms with Crippen molar-refractivity contribution in [3.05, 3.63) is 46.2 Å². The van der Waals surface area contributed by atoms with E-state index >= 15 is 0 Å². The fourth-order valence-corrected chi connectivity index (χ4v) is 2.00. The number of hydrogen-bond donors (Lipinski definition) is 0. The summed E-state index contributed by atoms with van der Waals surface area (Å²) in [6, 6.07) is 2.72. The second-order valence-corrected chi connectivity index (χ2v) is 4.41. The quantitative estimate of drug-likeness (QED) is 0.345. The van der Waals surface area contributed by atoms with Crippen LogP contribution in [0.15, 0.2) is 29.5 Å². The van der Waals surface area contributed by atoms with Crippen molar-refractivity contribution in [2.45, 2.75) is 25.7 Å². The molecule has 20 heavy (non-hydrogen) atoms. The number of hydrogen-bond acceptors (Lipinski definition) is 1. The third kappa shape index (κ3) is 2.70. The van der Waals surface area contributed by atoms with Gasteiger partial charge in [0.25, 0.3) is 0 Å². The Kier molecular flexibility index (Phi) is 3.59. The molecule has 0 radical (unpaired) electrons. The van der Waals surface area contributed by atoms with Gasteiger partial charge in [-0.3, -0.25) is 0 Å². The zero-order valence-corrected chi connectivity index (χ0v) is 10.4. The summed E-state index contributed by atoms with van der Waals surface area (Å²) in [5.41, 5.74) is 7.26. The lowest BCUT2D eigenvalue weighted by Crippen LogP contribution is -2.11. The van der Waals surface area contributed by atoms with E-state index in [2.05, 4.69) is 10.0 Å². The van der Waals surface area contributed by atoms with Crippen LogP contribution in [-0.4, -0.2) is 10.6 Å².